The van der Waals surface area contributed by atoms with Crippen molar-refractivity contribution in [3.05, 3.63) is 29.3 Å². The van der Waals surface area contributed by atoms with Gasteiger partial charge in [0, 0.05) is 17.0 Å². The number of hydrogen-bond donors (Lipinski definition) is 3. The second-order valence-corrected chi connectivity index (χ2v) is 5.33. The third kappa shape index (κ3) is 4.97. The number of rotatable bonds is 6. The molecule has 0 aliphatic carbocycles. The van der Waals surface area contributed by atoms with Crippen LogP contribution in [0, 0.1) is 5.41 Å². The van der Waals surface area contributed by atoms with Crippen molar-refractivity contribution in [2.75, 3.05) is 13.2 Å². The van der Waals surface area contributed by atoms with Crippen molar-refractivity contribution in [1.29, 1.82) is 0 Å². The van der Waals surface area contributed by atoms with Crippen molar-refractivity contribution in [3.63, 3.8) is 0 Å². The van der Waals surface area contributed by atoms with Gasteiger partial charge in [-0.1, -0.05) is 36.7 Å². The summed E-state index contributed by atoms with van der Waals surface area (Å²) in [6, 6.07) is 6.78. The Bertz CT molecular complexity index is 503. The summed E-state index contributed by atoms with van der Waals surface area (Å²) < 4.78 is 5.29. The normalized spacial score (nSPS) is 12.1. The van der Waals surface area contributed by atoms with E-state index in [0.717, 1.165) is 0 Å². The fourth-order valence-corrected chi connectivity index (χ4v) is 1.48. The molecule has 1 amide bonds. The summed E-state index contributed by atoms with van der Waals surface area (Å²) in [7, 11) is 0. The number of oxime groups is 1. The van der Waals surface area contributed by atoms with Crippen molar-refractivity contribution in [3.8, 4) is 5.75 Å². The summed E-state index contributed by atoms with van der Waals surface area (Å²) in [5.41, 5.74) is 4.88. The monoisotopic (exact) mass is 299 g/mol. The largest absolute Gasteiger partial charge is 0.484 e. The van der Waals surface area contributed by atoms with E-state index in [9.17, 15) is 4.79 Å². The van der Waals surface area contributed by atoms with Crippen LogP contribution in [0.15, 0.2) is 29.4 Å². The number of carbonyl (C=O) groups is 1. The van der Waals surface area contributed by atoms with Crippen molar-refractivity contribution in [1.82, 2.24) is 5.32 Å². The molecule has 6 nitrogen and oxygen atoms in total. The summed E-state index contributed by atoms with van der Waals surface area (Å²) in [6.45, 7) is 3.60. The SMILES string of the molecule is CC(C)(CNC(=O)COc1cccc(Cl)c1)/C(N)=N/O. The highest BCUT2D eigenvalue weighted by Crippen LogP contribution is 2.17. The Labute approximate surface area is 122 Å². The lowest BCUT2D eigenvalue weighted by Gasteiger charge is -2.23. The number of nitrogens with one attached hydrogen (secondary N) is 1. The van der Waals surface area contributed by atoms with Crippen molar-refractivity contribution < 1.29 is 14.7 Å². The Balaban J connectivity index is 2.41. The fraction of sp³-hybridized carbons (Fsp3) is 0.385. The van der Waals surface area contributed by atoms with Gasteiger partial charge in [-0.2, -0.15) is 0 Å². The second kappa shape index (κ2) is 7.00. The van der Waals surface area contributed by atoms with Crippen LogP contribution in [0.1, 0.15) is 13.8 Å². The Hall–Kier alpha value is -1.95. The number of ether oxygens (including phenoxy) is 1. The third-order valence-corrected chi connectivity index (χ3v) is 2.93. The van der Waals surface area contributed by atoms with E-state index < -0.39 is 5.41 Å². The van der Waals surface area contributed by atoms with Crippen LogP contribution < -0.4 is 15.8 Å². The molecule has 1 rings (SSSR count). The fourth-order valence-electron chi connectivity index (χ4n) is 1.30. The van der Waals surface area contributed by atoms with E-state index >= 15 is 0 Å². The molecule has 0 atom stereocenters. The van der Waals surface area contributed by atoms with Crippen LogP contribution in [0.5, 0.6) is 5.75 Å². The lowest BCUT2D eigenvalue weighted by Crippen LogP contribution is -2.43. The van der Waals surface area contributed by atoms with Gasteiger partial charge in [0.05, 0.1) is 0 Å². The standard InChI is InChI=1S/C13H18ClN3O3/c1-13(2,12(15)17-19)8-16-11(18)7-20-10-5-3-4-9(14)6-10/h3-6,19H,7-8H2,1-2H3,(H2,15,17)(H,16,18). The quantitative estimate of drug-likeness (QED) is 0.322. The number of nitrogens with two attached hydrogens (primary N) is 1. The van der Waals surface area contributed by atoms with Gasteiger partial charge in [-0.15, -0.1) is 0 Å². The lowest BCUT2D eigenvalue weighted by molar-refractivity contribution is -0.123. The molecule has 20 heavy (non-hydrogen) atoms. The Kier molecular flexibility index (Phi) is 5.64. The number of halogens is 1. The molecule has 0 heterocycles. The topological polar surface area (TPSA) is 96.9 Å². The van der Waals surface area contributed by atoms with Gasteiger partial charge in [0.1, 0.15) is 11.6 Å². The molecule has 1 aromatic carbocycles. The van der Waals surface area contributed by atoms with Gasteiger partial charge in [0.2, 0.25) is 0 Å². The highest BCUT2D eigenvalue weighted by atomic mass is 35.5. The molecule has 0 aliphatic rings. The van der Waals surface area contributed by atoms with E-state index in [1.54, 1.807) is 38.1 Å². The number of amidine groups is 1. The van der Waals surface area contributed by atoms with Gasteiger partial charge in [0.15, 0.2) is 6.61 Å². The predicted octanol–water partition coefficient (Wildman–Crippen LogP) is 1.61. The number of nitrogens with zero attached hydrogens (tertiary/aromatic N) is 1. The zero-order valence-electron chi connectivity index (χ0n) is 11.4. The minimum absolute atomic E-state index is 0.0496. The van der Waals surface area contributed by atoms with Gasteiger partial charge in [-0.05, 0) is 18.2 Å². The summed E-state index contributed by atoms with van der Waals surface area (Å²) >= 11 is 5.80. The first kappa shape index (κ1) is 16.1. The number of carbonyl (C=O) groups excluding carboxylic acids is 1. The van der Waals surface area contributed by atoms with Crippen LogP contribution in [0.2, 0.25) is 5.02 Å². The summed E-state index contributed by atoms with van der Waals surface area (Å²) in [5.74, 6) is 0.265. The first-order valence-corrected chi connectivity index (χ1v) is 6.36. The van der Waals surface area contributed by atoms with Crippen molar-refractivity contribution in [2.24, 2.45) is 16.3 Å². The third-order valence-electron chi connectivity index (χ3n) is 2.69. The van der Waals surface area contributed by atoms with Crippen LogP contribution in [0.25, 0.3) is 0 Å². The van der Waals surface area contributed by atoms with Gasteiger partial charge in [-0.3, -0.25) is 4.79 Å². The smallest absolute Gasteiger partial charge is 0.257 e. The molecule has 0 aliphatic heterocycles. The van der Waals surface area contributed by atoms with Crippen LogP contribution >= 0.6 is 11.6 Å². The molecule has 1 aromatic rings. The molecule has 0 unspecified atom stereocenters. The van der Waals surface area contributed by atoms with E-state index in [0.29, 0.717) is 10.8 Å². The molecule has 0 radical (unpaired) electrons. The molecule has 0 spiro atoms. The molecule has 4 N–H and O–H groups in total. The maximum Gasteiger partial charge on any atom is 0.257 e. The zero-order chi connectivity index (χ0) is 15.2. The molecule has 0 saturated heterocycles. The molecular formula is C13H18ClN3O3. The van der Waals surface area contributed by atoms with Crippen LogP contribution in [0.3, 0.4) is 0 Å². The van der Waals surface area contributed by atoms with E-state index in [4.69, 9.17) is 27.3 Å². The Morgan fingerprint density at radius 3 is 2.85 bits per heavy atom. The van der Waals surface area contributed by atoms with Crippen molar-refractivity contribution >= 4 is 23.3 Å². The zero-order valence-corrected chi connectivity index (χ0v) is 12.1. The molecular weight excluding hydrogens is 282 g/mol. The van der Waals surface area contributed by atoms with Gasteiger partial charge in [-0.25, -0.2) is 0 Å². The maximum atomic E-state index is 11.6. The van der Waals surface area contributed by atoms with Crippen LogP contribution in [-0.2, 0) is 4.79 Å². The molecule has 110 valence electrons. The van der Waals surface area contributed by atoms with Gasteiger partial charge >= 0.3 is 0 Å². The maximum absolute atomic E-state index is 11.6. The first-order valence-electron chi connectivity index (χ1n) is 5.98. The lowest BCUT2D eigenvalue weighted by atomic mass is 9.92. The van der Waals surface area contributed by atoms with E-state index in [2.05, 4.69) is 10.5 Å². The summed E-state index contributed by atoms with van der Waals surface area (Å²) in [4.78, 5) is 11.6. The highest BCUT2D eigenvalue weighted by Gasteiger charge is 2.24. The molecule has 0 fully saturated rings. The molecule has 7 heteroatoms. The van der Waals surface area contributed by atoms with Crippen LogP contribution in [0.4, 0.5) is 0 Å². The minimum atomic E-state index is -0.638. The number of hydrogen-bond acceptors (Lipinski definition) is 4. The number of benzene rings is 1. The van der Waals surface area contributed by atoms with Gasteiger partial charge in [0.25, 0.3) is 5.91 Å². The summed E-state index contributed by atoms with van der Waals surface area (Å²) in [6.07, 6.45) is 0. The van der Waals surface area contributed by atoms with Gasteiger partial charge < -0.3 is 21.0 Å². The predicted molar refractivity (Wildman–Crippen MR) is 77.1 cm³/mol. The average Bonchev–Trinajstić information content (AvgIpc) is 2.42. The molecule has 0 bridgehead atoms. The molecule has 0 saturated carbocycles. The average molecular weight is 300 g/mol. The second-order valence-electron chi connectivity index (χ2n) is 4.89. The van der Waals surface area contributed by atoms with E-state index in [-0.39, 0.29) is 24.9 Å². The number of amides is 1. The first-order chi connectivity index (χ1) is 9.35. The minimum Gasteiger partial charge on any atom is -0.484 e. The highest BCUT2D eigenvalue weighted by molar-refractivity contribution is 6.30. The van der Waals surface area contributed by atoms with E-state index in [1.165, 1.54) is 0 Å². The Morgan fingerprint density at radius 1 is 1.55 bits per heavy atom. The molecule has 0 aromatic heterocycles. The van der Waals surface area contributed by atoms with Crippen LogP contribution in [-0.4, -0.2) is 30.1 Å². The van der Waals surface area contributed by atoms with E-state index in [1.807, 2.05) is 0 Å². The summed E-state index contributed by atoms with van der Waals surface area (Å²) in [5, 5.41) is 14.8. The van der Waals surface area contributed by atoms with Crippen molar-refractivity contribution in [2.45, 2.75) is 13.8 Å². The Morgan fingerprint density at radius 2 is 2.25 bits per heavy atom.